The summed E-state index contributed by atoms with van der Waals surface area (Å²) in [5, 5.41) is 10.3. The monoisotopic (exact) mass is 270 g/mol. The van der Waals surface area contributed by atoms with E-state index in [1.165, 1.54) is 77.0 Å². The van der Waals surface area contributed by atoms with Crippen molar-refractivity contribution >= 4 is 0 Å². The first-order valence-electron chi connectivity index (χ1n) is 8.74. The normalized spacial score (nSPS) is 13.7. The van der Waals surface area contributed by atoms with E-state index >= 15 is 0 Å². The molecule has 0 rings (SSSR count). The maximum Gasteiger partial charge on any atom is 0.0619 e. The van der Waals surface area contributed by atoms with E-state index in [0.29, 0.717) is 5.92 Å². The first-order chi connectivity index (χ1) is 9.02. The van der Waals surface area contributed by atoms with E-state index in [1.807, 2.05) is 13.8 Å². The Morgan fingerprint density at radius 1 is 0.684 bits per heavy atom. The predicted octanol–water partition coefficient (Wildman–Crippen LogP) is 6.09. The van der Waals surface area contributed by atoms with E-state index in [1.54, 1.807) is 0 Å². The minimum Gasteiger partial charge on any atom is -0.390 e. The molecule has 0 spiro atoms. The zero-order chi connectivity index (χ0) is 14.6. The molecular formula is C18H38O. The van der Waals surface area contributed by atoms with Crippen molar-refractivity contribution in [1.82, 2.24) is 0 Å². The lowest BCUT2D eigenvalue weighted by Gasteiger charge is -2.29. The van der Waals surface area contributed by atoms with Gasteiger partial charge in [0.25, 0.3) is 0 Å². The lowest BCUT2D eigenvalue weighted by molar-refractivity contribution is 0.00717. The van der Waals surface area contributed by atoms with Gasteiger partial charge >= 0.3 is 0 Å². The average Bonchev–Trinajstić information content (AvgIpc) is 2.34. The molecule has 0 saturated heterocycles. The zero-order valence-electron chi connectivity index (χ0n) is 14.0. The molecule has 0 saturated carbocycles. The molecule has 1 unspecified atom stereocenters. The van der Waals surface area contributed by atoms with Crippen LogP contribution < -0.4 is 0 Å². The van der Waals surface area contributed by atoms with E-state index < -0.39 is 5.60 Å². The first-order valence-corrected chi connectivity index (χ1v) is 8.74. The Balaban J connectivity index is 3.75. The fourth-order valence-electron chi connectivity index (χ4n) is 2.84. The highest BCUT2D eigenvalue weighted by molar-refractivity contribution is 4.77. The van der Waals surface area contributed by atoms with Crippen LogP contribution in [0.15, 0.2) is 0 Å². The molecule has 0 aromatic rings. The van der Waals surface area contributed by atoms with Gasteiger partial charge in [-0.1, -0.05) is 78.1 Å². The zero-order valence-corrected chi connectivity index (χ0v) is 14.0. The first kappa shape index (κ1) is 19.0. The maximum atomic E-state index is 10.3. The SMILES string of the molecule is CCCCCCCCC(CCCCCC)C(C)(C)O. The number of unbranched alkanes of at least 4 members (excludes halogenated alkanes) is 8. The fourth-order valence-corrected chi connectivity index (χ4v) is 2.84. The van der Waals surface area contributed by atoms with E-state index in [4.69, 9.17) is 0 Å². The van der Waals surface area contributed by atoms with Crippen LogP contribution in [0.4, 0.5) is 0 Å². The summed E-state index contributed by atoms with van der Waals surface area (Å²) in [6.45, 7) is 8.51. The summed E-state index contributed by atoms with van der Waals surface area (Å²) in [5.74, 6) is 0.496. The van der Waals surface area contributed by atoms with Gasteiger partial charge in [0.1, 0.15) is 0 Å². The number of rotatable bonds is 13. The van der Waals surface area contributed by atoms with Gasteiger partial charge in [-0.25, -0.2) is 0 Å². The van der Waals surface area contributed by atoms with Crippen molar-refractivity contribution in [2.24, 2.45) is 5.92 Å². The van der Waals surface area contributed by atoms with Crippen LogP contribution in [-0.2, 0) is 0 Å². The van der Waals surface area contributed by atoms with Crippen molar-refractivity contribution in [3.63, 3.8) is 0 Å². The van der Waals surface area contributed by atoms with Crippen LogP contribution >= 0.6 is 0 Å². The highest BCUT2D eigenvalue weighted by Gasteiger charge is 2.25. The summed E-state index contributed by atoms with van der Waals surface area (Å²) >= 11 is 0. The molecule has 0 aliphatic carbocycles. The van der Waals surface area contributed by atoms with Crippen molar-refractivity contribution in [2.45, 2.75) is 110 Å². The second kappa shape index (κ2) is 11.8. The molecule has 0 heterocycles. The summed E-state index contributed by atoms with van der Waals surface area (Å²) in [7, 11) is 0. The van der Waals surface area contributed by atoms with Crippen LogP contribution in [0.1, 0.15) is 105 Å². The van der Waals surface area contributed by atoms with E-state index in [9.17, 15) is 5.11 Å². The molecule has 0 aliphatic rings. The molecule has 0 aromatic heterocycles. The van der Waals surface area contributed by atoms with Gasteiger partial charge in [-0.05, 0) is 32.6 Å². The molecule has 116 valence electrons. The lowest BCUT2D eigenvalue weighted by Crippen LogP contribution is -2.30. The van der Waals surface area contributed by atoms with Crippen molar-refractivity contribution < 1.29 is 5.11 Å². The Kier molecular flexibility index (Phi) is 11.7. The lowest BCUT2D eigenvalue weighted by atomic mass is 9.82. The summed E-state index contributed by atoms with van der Waals surface area (Å²) in [6.07, 6.45) is 15.8. The largest absolute Gasteiger partial charge is 0.390 e. The van der Waals surface area contributed by atoms with Crippen molar-refractivity contribution in [3.05, 3.63) is 0 Å². The molecular weight excluding hydrogens is 232 g/mol. The highest BCUT2D eigenvalue weighted by atomic mass is 16.3. The van der Waals surface area contributed by atoms with Gasteiger partial charge in [-0.15, -0.1) is 0 Å². The van der Waals surface area contributed by atoms with Gasteiger partial charge in [0.05, 0.1) is 5.60 Å². The Hall–Kier alpha value is -0.0400. The van der Waals surface area contributed by atoms with Gasteiger partial charge in [0.2, 0.25) is 0 Å². The van der Waals surface area contributed by atoms with Crippen LogP contribution in [0, 0.1) is 5.92 Å². The van der Waals surface area contributed by atoms with Crippen LogP contribution in [0.2, 0.25) is 0 Å². The van der Waals surface area contributed by atoms with E-state index in [2.05, 4.69) is 13.8 Å². The van der Waals surface area contributed by atoms with Crippen molar-refractivity contribution in [2.75, 3.05) is 0 Å². The molecule has 1 nitrogen and oxygen atoms in total. The van der Waals surface area contributed by atoms with E-state index in [-0.39, 0.29) is 0 Å². The van der Waals surface area contributed by atoms with Crippen LogP contribution in [0.3, 0.4) is 0 Å². The molecule has 0 radical (unpaired) electrons. The molecule has 1 N–H and O–H groups in total. The third-order valence-corrected chi connectivity index (χ3v) is 4.31. The quantitative estimate of drug-likeness (QED) is 0.401. The Bertz CT molecular complexity index is 181. The number of hydrogen-bond donors (Lipinski definition) is 1. The van der Waals surface area contributed by atoms with Crippen LogP contribution in [0.25, 0.3) is 0 Å². The summed E-state index contributed by atoms with van der Waals surface area (Å²) < 4.78 is 0. The van der Waals surface area contributed by atoms with Gasteiger partial charge in [0.15, 0.2) is 0 Å². The van der Waals surface area contributed by atoms with Crippen LogP contribution in [-0.4, -0.2) is 10.7 Å². The molecule has 1 heteroatoms. The van der Waals surface area contributed by atoms with Gasteiger partial charge in [-0.3, -0.25) is 0 Å². The summed E-state index contributed by atoms with van der Waals surface area (Å²) in [4.78, 5) is 0. The molecule has 0 aromatic carbocycles. The molecule has 0 fully saturated rings. The molecule has 0 aliphatic heterocycles. The Morgan fingerprint density at radius 2 is 1.05 bits per heavy atom. The smallest absolute Gasteiger partial charge is 0.0619 e. The second-order valence-electron chi connectivity index (χ2n) is 6.76. The van der Waals surface area contributed by atoms with Crippen LogP contribution in [0.5, 0.6) is 0 Å². The molecule has 1 atom stereocenters. The standard InChI is InChI=1S/C18H38O/c1-5-7-9-11-12-14-16-17(18(3,4)19)15-13-10-8-6-2/h17,19H,5-16H2,1-4H3. The fraction of sp³-hybridized carbons (Fsp3) is 1.00. The highest BCUT2D eigenvalue weighted by Crippen LogP contribution is 2.28. The molecule has 19 heavy (non-hydrogen) atoms. The maximum absolute atomic E-state index is 10.3. The Morgan fingerprint density at radius 3 is 1.47 bits per heavy atom. The molecule has 0 amide bonds. The van der Waals surface area contributed by atoms with Crippen molar-refractivity contribution in [1.29, 1.82) is 0 Å². The number of aliphatic hydroxyl groups is 1. The summed E-state index contributed by atoms with van der Waals surface area (Å²) in [5.41, 5.74) is -0.490. The van der Waals surface area contributed by atoms with Gasteiger partial charge in [-0.2, -0.15) is 0 Å². The van der Waals surface area contributed by atoms with E-state index in [0.717, 1.165) is 0 Å². The topological polar surface area (TPSA) is 20.2 Å². The van der Waals surface area contributed by atoms with Gasteiger partial charge < -0.3 is 5.11 Å². The third-order valence-electron chi connectivity index (χ3n) is 4.31. The minimum atomic E-state index is -0.490. The van der Waals surface area contributed by atoms with Gasteiger partial charge in [0, 0.05) is 0 Å². The average molecular weight is 271 g/mol. The third kappa shape index (κ3) is 11.5. The summed E-state index contributed by atoms with van der Waals surface area (Å²) in [6, 6.07) is 0. The second-order valence-corrected chi connectivity index (χ2v) is 6.76. The minimum absolute atomic E-state index is 0.490. The molecule has 0 bridgehead atoms. The number of hydrogen-bond acceptors (Lipinski definition) is 1. The van der Waals surface area contributed by atoms with Crippen molar-refractivity contribution in [3.8, 4) is 0 Å². The Labute approximate surface area is 122 Å². The predicted molar refractivity (Wildman–Crippen MR) is 86.5 cm³/mol.